The van der Waals surface area contributed by atoms with E-state index in [0.29, 0.717) is 6.42 Å². The summed E-state index contributed by atoms with van der Waals surface area (Å²) >= 11 is 0. The number of fused-ring (bicyclic) bond motifs is 1. The van der Waals surface area contributed by atoms with Crippen molar-refractivity contribution in [2.24, 2.45) is 0 Å². The summed E-state index contributed by atoms with van der Waals surface area (Å²) in [6.45, 7) is 0.897. The first kappa shape index (κ1) is 13.0. The summed E-state index contributed by atoms with van der Waals surface area (Å²) < 4.78 is 20.0. The molecule has 3 heteroatoms. The number of methoxy groups -OCH3 is 1. The van der Waals surface area contributed by atoms with E-state index >= 15 is 0 Å². The van der Waals surface area contributed by atoms with E-state index in [9.17, 15) is 4.39 Å². The highest BCUT2D eigenvalue weighted by atomic mass is 19.1. The predicted octanol–water partition coefficient (Wildman–Crippen LogP) is 3.92. The second kappa shape index (κ2) is 5.53. The molecule has 0 aromatic heterocycles. The van der Waals surface area contributed by atoms with Gasteiger partial charge in [-0.1, -0.05) is 36.4 Å². The average Bonchev–Trinajstić information content (AvgIpc) is 2.96. The number of hydrogen-bond acceptors (Lipinski definition) is 2. The Bertz CT molecular complexity index is 612. The molecule has 1 N–H and O–H groups in total. The molecule has 0 saturated heterocycles. The maximum absolute atomic E-state index is 14.7. The molecule has 1 heterocycles. The van der Waals surface area contributed by atoms with Crippen molar-refractivity contribution < 1.29 is 9.13 Å². The first-order chi connectivity index (χ1) is 9.79. The molecule has 1 aliphatic heterocycles. The largest absolute Gasteiger partial charge is 0.496 e. The third kappa shape index (κ3) is 2.36. The second-order valence-corrected chi connectivity index (χ2v) is 5.04. The van der Waals surface area contributed by atoms with Crippen LogP contribution in [-0.4, -0.2) is 13.7 Å². The van der Waals surface area contributed by atoms with Gasteiger partial charge in [0.05, 0.1) is 7.11 Å². The van der Waals surface area contributed by atoms with Crippen LogP contribution in [0.3, 0.4) is 0 Å². The molecule has 0 spiro atoms. The lowest BCUT2D eigenvalue weighted by atomic mass is 9.98. The molecule has 0 bridgehead atoms. The minimum atomic E-state index is -1.02. The summed E-state index contributed by atoms with van der Waals surface area (Å²) in [4.78, 5) is 0. The van der Waals surface area contributed by atoms with Gasteiger partial charge in [-0.3, -0.25) is 0 Å². The monoisotopic (exact) mass is 271 g/mol. The van der Waals surface area contributed by atoms with Crippen LogP contribution in [0.1, 0.15) is 22.9 Å². The highest BCUT2D eigenvalue weighted by Crippen LogP contribution is 2.35. The fourth-order valence-electron chi connectivity index (χ4n) is 2.80. The Hall–Kier alpha value is -2.03. The number of anilines is 1. The predicted molar refractivity (Wildman–Crippen MR) is 79.2 cm³/mol. The lowest BCUT2D eigenvalue weighted by molar-refractivity contribution is 0.335. The van der Waals surface area contributed by atoms with Crippen molar-refractivity contribution in [3.05, 3.63) is 59.2 Å². The molecular weight excluding hydrogens is 253 g/mol. The van der Waals surface area contributed by atoms with E-state index in [2.05, 4.69) is 11.4 Å². The summed E-state index contributed by atoms with van der Waals surface area (Å²) in [7, 11) is 1.62. The van der Waals surface area contributed by atoms with Gasteiger partial charge < -0.3 is 10.1 Å². The minimum Gasteiger partial charge on any atom is -0.496 e. The first-order valence-corrected chi connectivity index (χ1v) is 6.91. The Morgan fingerprint density at radius 1 is 1.20 bits per heavy atom. The topological polar surface area (TPSA) is 21.3 Å². The number of alkyl halides is 1. The molecule has 20 heavy (non-hydrogen) atoms. The molecule has 104 valence electrons. The molecule has 1 aliphatic rings. The molecule has 1 atom stereocenters. The number of ether oxygens (including phenoxy) is 1. The van der Waals surface area contributed by atoms with Gasteiger partial charge in [0.2, 0.25) is 0 Å². The summed E-state index contributed by atoms with van der Waals surface area (Å²) in [6, 6.07) is 13.5. The smallest absolute Gasteiger partial charge is 0.131 e. The summed E-state index contributed by atoms with van der Waals surface area (Å²) in [5.74, 6) is 0.746. The van der Waals surface area contributed by atoms with Gasteiger partial charge in [-0.05, 0) is 23.6 Å². The van der Waals surface area contributed by atoms with Crippen LogP contribution in [0.2, 0.25) is 0 Å². The molecular formula is C17H18FNO. The molecule has 0 aliphatic carbocycles. The van der Waals surface area contributed by atoms with E-state index in [1.54, 1.807) is 7.11 Å². The molecule has 2 nitrogen and oxygen atoms in total. The molecule has 0 radical (unpaired) electrons. The van der Waals surface area contributed by atoms with Crippen LogP contribution < -0.4 is 10.1 Å². The molecule has 0 saturated carbocycles. The van der Waals surface area contributed by atoms with Crippen molar-refractivity contribution in [3.8, 4) is 5.75 Å². The fourth-order valence-corrected chi connectivity index (χ4v) is 2.80. The van der Waals surface area contributed by atoms with Gasteiger partial charge in [0.25, 0.3) is 0 Å². The molecule has 0 amide bonds. The Labute approximate surface area is 118 Å². The summed E-state index contributed by atoms with van der Waals surface area (Å²) in [5, 5.41) is 3.29. The number of nitrogens with one attached hydrogen (secondary N) is 1. The van der Waals surface area contributed by atoms with E-state index in [0.717, 1.165) is 35.5 Å². The van der Waals surface area contributed by atoms with Crippen LogP contribution in [0.25, 0.3) is 0 Å². The zero-order valence-corrected chi connectivity index (χ0v) is 11.5. The van der Waals surface area contributed by atoms with Gasteiger partial charge in [-0.15, -0.1) is 0 Å². The normalized spacial score (nSPS) is 14.5. The number of rotatable bonds is 4. The summed E-state index contributed by atoms with van der Waals surface area (Å²) in [5.41, 5.74) is 3.85. The van der Waals surface area contributed by atoms with Crippen molar-refractivity contribution in [2.75, 3.05) is 19.0 Å². The van der Waals surface area contributed by atoms with E-state index in [-0.39, 0.29) is 0 Å². The van der Waals surface area contributed by atoms with Crippen LogP contribution in [0, 0.1) is 0 Å². The lowest BCUT2D eigenvalue weighted by Crippen LogP contribution is -2.03. The van der Waals surface area contributed by atoms with Gasteiger partial charge in [-0.2, -0.15) is 0 Å². The number of halogens is 1. The maximum Gasteiger partial charge on any atom is 0.131 e. The molecule has 1 unspecified atom stereocenters. The van der Waals surface area contributed by atoms with Crippen LogP contribution >= 0.6 is 0 Å². The number of hydrogen-bond donors (Lipinski definition) is 1. The van der Waals surface area contributed by atoms with Crippen molar-refractivity contribution in [1.82, 2.24) is 0 Å². The van der Waals surface area contributed by atoms with E-state index in [4.69, 9.17) is 4.74 Å². The Balaban J connectivity index is 1.87. The SMILES string of the molecule is COc1ccccc1CC(F)c1cccc2c1NCC2. The Morgan fingerprint density at radius 3 is 2.90 bits per heavy atom. The van der Waals surface area contributed by atoms with Crippen molar-refractivity contribution in [1.29, 1.82) is 0 Å². The molecule has 3 rings (SSSR count). The van der Waals surface area contributed by atoms with Gasteiger partial charge in [-0.25, -0.2) is 4.39 Å². The third-order valence-electron chi connectivity index (χ3n) is 3.81. The lowest BCUT2D eigenvalue weighted by Gasteiger charge is -2.15. The van der Waals surface area contributed by atoms with E-state index in [1.165, 1.54) is 5.56 Å². The quantitative estimate of drug-likeness (QED) is 0.910. The van der Waals surface area contributed by atoms with Crippen molar-refractivity contribution >= 4 is 5.69 Å². The highest BCUT2D eigenvalue weighted by Gasteiger charge is 2.21. The molecule has 2 aromatic rings. The second-order valence-electron chi connectivity index (χ2n) is 5.04. The standard InChI is InChI=1S/C17H18FNO/c1-20-16-8-3-2-5-13(16)11-15(18)14-7-4-6-12-9-10-19-17(12)14/h2-8,15,19H,9-11H2,1H3. The van der Waals surface area contributed by atoms with Gasteiger partial charge in [0.1, 0.15) is 11.9 Å². The Kier molecular flexibility index (Phi) is 3.59. The zero-order valence-electron chi connectivity index (χ0n) is 11.5. The zero-order chi connectivity index (χ0) is 13.9. The van der Waals surface area contributed by atoms with Crippen LogP contribution in [0.4, 0.5) is 10.1 Å². The van der Waals surface area contributed by atoms with Crippen LogP contribution in [0.15, 0.2) is 42.5 Å². The van der Waals surface area contributed by atoms with Crippen LogP contribution in [-0.2, 0) is 12.8 Å². The van der Waals surface area contributed by atoms with Gasteiger partial charge in [0, 0.05) is 24.2 Å². The van der Waals surface area contributed by atoms with Crippen LogP contribution in [0.5, 0.6) is 5.75 Å². The first-order valence-electron chi connectivity index (χ1n) is 6.91. The van der Waals surface area contributed by atoms with Gasteiger partial charge in [0.15, 0.2) is 0 Å². The Morgan fingerprint density at radius 2 is 2.05 bits per heavy atom. The van der Waals surface area contributed by atoms with E-state index < -0.39 is 6.17 Å². The third-order valence-corrected chi connectivity index (χ3v) is 3.81. The van der Waals surface area contributed by atoms with E-state index in [1.807, 2.05) is 36.4 Å². The number of para-hydroxylation sites is 2. The summed E-state index contributed by atoms with van der Waals surface area (Å²) in [6.07, 6.45) is 0.291. The fraction of sp³-hybridized carbons (Fsp3) is 0.294. The molecule has 2 aromatic carbocycles. The maximum atomic E-state index is 14.7. The molecule has 0 fully saturated rings. The van der Waals surface area contributed by atoms with Gasteiger partial charge >= 0.3 is 0 Å². The van der Waals surface area contributed by atoms with Crippen molar-refractivity contribution in [2.45, 2.75) is 19.0 Å². The minimum absolute atomic E-state index is 0.335. The number of benzene rings is 2. The van der Waals surface area contributed by atoms with Crippen molar-refractivity contribution in [3.63, 3.8) is 0 Å². The highest BCUT2D eigenvalue weighted by molar-refractivity contribution is 5.62. The average molecular weight is 271 g/mol.